The fourth-order valence-corrected chi connectivity index (χ4v) is 1.66. The molecule has 2 rings (SSSR count). The molecule has 0 radical (unpaired) electrons. The van der Waals surface area contributed by atoms with E-state index in [4.69, 9.17) is 4.74 Å². The number of esters is 1. The number of aryl methyl sites for hydroxylation is 1. The van der Waals surface area contributed by atoms with Crippen LogP contribution in [0.4, 0.5) is 0 Å². The maximum Gasteiger partial charge on any atom is 0.310 e. The molecular weight excluding hydrogens is 164 g/mol. The number of benzene rings is 1. The molecule has 68 valence electrons. The van der Waals surface area contributed by atoms with Crippen molar-refractivity contribution in [2.75, 3.05) is 0 Å². The summed E-state index contributed by atoms with van der Waals surface area (Å²) in [5.41, 5.74) is 4.83. The predicted octanol–water partition coefficient (Wildman–Crippen LogP) is 1.90. The zero-order valence-corrected chi connectivity index (χ0v) is 7.89. The first-order valence-corrected chi connectivity index (χ1v) is 4.42. The average Bonchev–Trinajstić information content (AvgIpc) is 2.12. The van der Waals surface area contributed by atoms with Crippen LogP contribution in [0.5, 0.6) is 0 Å². The molecule has 2 nitrogen and oxygen atoms in total. The molecule has 0 bridgehead atoms. The first-order valence-electron chi connectivity index (χ1n) is 4.42. The van der Waals surface area contributed by atoms with Crippen molar-refractivity contribution >= 4 is 5.97 Å². The summed E-state index contributed by atoms with van der Waals surface area (Å²) in [7, 11) is 0. The van der Waals surface area contributed by atoms with Gasteiger partial charge in [0.1, 0.15) is 6.61 Å². The maximum atomic E-state index is 11.0. The van der Waals surface area contributed by atoms with Crippen molar-refractivity contribution in [3.05, 3.63) is 34.4 Å². The van der Waals surface area contributed by atoms with E-state index >= 15 is 0 Å². The van der Waals surface area contributed by atoms with Crippen molar-refractivity contribution < 1.29 is 9.53 Å². The minimum absolute atomic E-state index is 0.115. The summed E-state index contributed by atoms with van der Waals surface area (Å²) in [5, 5.41) is 0. The monoisotopic (exact) mass is 176 g/mol. The Morgan fingerprint density at radius 1 is 1.31 bits per heavy atom. The lowest BCUT2D eigenvalue weighted by Crippen LogP contribution is -2.17. The molecule has 0 amide bonds. The Balaban J connectivity index is 2.53. The molecule has 1 aliphatic rings. The largest absolute Gasteiger partial charge is 0.461 e. The van der Waals surface area contributed by atoms with Crippen LogP contribution in [0.3, 0.4) is 0 Å². The number of fused-ring (bicyclic) bond motifs is 1. The third kappa shape index (κ3) is 1.32. The van der Waals surface area contributed by atoms with E-state index in [0.29, 0.717) is 13.0 Å². The molecule has 1 aromatic carbocycles. The molecule has 1 heterocycles. The van der Waals surface area contributed by atoms with Gasteiger partial charge in [-0.3, -0.25) is 4.79 Å². The van der Waals surface area contributed by atoms with Gasteiger partial charge in [0.05, 0.1) is 6.42 Å². The molecule has 0 N–H and O–H groups in total. The Morgan fingerprint density at radius 3 is 2.85 bits per heavy atom. The van der Waals surface area contributed by atoms with Crippen LogP contribution in [0.1, 0.15) is 22.3 Å². The van der Waals surface area contributed by atoms with Crippen LogP contribution < -0.4 is 0 Å². The first-order chi connectivity index (χ1) is 6.18. The number of hydrogen-bond acceptors (Lipinski definition) is 2. The lowest BCUT2D eigenvalue weighted by molar-refractivity contribution is -0.145. The summed E-state index contributed by atoms with van der Waals surface area (Å²) in [4.78, 5) is 11.0. The molecule has 1 aromatic rings. The number of ether oxygens (including phenoxy) is 1. The second-order valence-electron chi connectivity index (χ2n) is 3.48. The first kappa shape index (κ1) is 8.30. The summed E-state index contributed by atoms with van der Waals surface area (Å²) in [5.74, 6) is -0.115. The minimum Gasteiger partial charge on any atom is -0.461 e. The quantitative estimate of drug-likeness (QED) is 0.564. The van der Waals surface area contributed by atoms with E-state index in [2.05, 4.69) is 19.9 Å². The molecule has 0 unspecified atom stereocenters. The number of cyclic esters (lactones) is 1. The maximum absolute atomic E-state index is 11.0. The van der Waals surface area contributed by atoms with E-state index in [1.165, 1.54) is 16.7 Å². The molecule has 0 fully saturated rings. The average molecular weight is 176 g/mol. The fourth-order valence-electron chi connectivity index (χ4n) is 1.66. The standard InChI is InChI=1S/C11H12O2/c1-7-3-4-9-5-11(12)13-6-10(9)8(7)2/h3-4H,5-6H2,1-2H3. The smallest absolute Gasteiger partial charge is 0.310 e. The van der Waals surface area contributed by atoms with Gasteiger partial charge in [0.2, 0.25) is 0 Å². The van der Waals surface area contributed by atoms with Gasteiger partial charge in [0, 0.05) is 0 Å². The summed E-state index contributed by atoms with van der Waals surface area (Å²) in [6, 6.07) is 4.09. The van der Waals surface area contributed by atoms with E-state index in [-0.39, 0.29) is 5.97 Å². The van der Waals surface area contributed by atoms with Crippen LogP contribution in [-0.2, 0) is 22.6 Å². The van der Waals surface area contributed by atoms with Crippen molar-refractivity contribution in [3.8, 4) is 0 Å². The molecule has 0 aliphatic carbocycles. The Kier molecular flexibility index (Phi) is 1.83. The van der Waals surface area contributed by atoms with Crippen molar-refractivity contribution in [1.82, 2.24) is 0 Å². The van der Waals surface area contributed by atoms with Crippen molar-refractivity contribution in [1.29, 1.82) is 0 Å². The van der Waals surface area contributed by atoms with Gasteiger partial charge in [-0.1, -0.05) is 12.1 Å². The number of rotatable bonds is 0. The second-order valence-corrected chi connectivity index (χ2v) is 3.48. The topological polar surface area (TPSA) is 26.3 Å². The normalized spacial score (nSPS) is 15.1. The van der Waals surface area contributed by atoms with E-state index in [0.717, 1.165) is 5.56 Å². The summed E-state index contributed by atoms with van der Waals surface area (Å²) >= 11 is 0. The van der Waals surface area contributed by atoms with Crippen LogP contribution in [0.2, 0.25) is 0 Å². The Labute approximate surface area is 77.5 Å². The summed E-state index contributed by atoms with van der Waals surface area (Å²) in [6.45, 7) is 4.60. The van der Waals surface area contributed by atoms with Crippen LogP contribution in [-0.4, -0.2) is 5.97 Å². The zero-order valence-electron chi connectivity index (χ0n) is 7.89. The molecule has 0 spiro atoms. The summed E-state index contributed by atoms with van der Waals surface area (Å²) in [6.07, 6.45) is 0.427. The van der Waals surface area contributed by atoms with Crippen LogP contribution >= 0.6 is 0 Å². The highest BCUT2D eigenvalue weighted by atomic mass is 16.5. The van der Waals surface area contributed by atoms with Crippen LogP contribution in [0.25, 0.3) is 0 Å². The van der Waals surface area contributed by atoms with Gasteiger partial charge in [0.15, 0.2) is 0 Å². The molecule has 0 saturated heterocycles. The lowest BCUT2D eigenvalue weighted by Gasteiger charge is -2.19. The highest BCUT2D eigenvalue weighted by Crippen LogP contribution is 2.23. The molecule has 1 aliphatic heterocycles. The third-order valence-corrected chi connectivity index (χ3v) is 2.68. The molecule has 0 saturated carbocycles. The van der Waals surface area contributed by atoms with Gasteiger partial charge in [-0.2, -0.15) is 0 Å². The van der Waals surface area contributed by atoms with Crippen molar-refractivity contribution in [2.45, 2.75) is 26.9 Å². The number of carbonyl (C=O) groups is 1. The lowest BCUT2D eigenvalue weighted by atomic mass is 9.95. The predicted molar refractivity (Wildman–Crippen MR) is 49.4 cm³/mol. The van der Waals surface area contributed by atoms with E-state index in [9.17, 15) is 4.79 Å². The Morgan fingerprint density at radius 2 is 2.08 bits per heavy atom. The molecule has 13 heavy (non-hydrogen) atoms. The highest BCUT2D eigenvalue weighted by molar-refractivity contribution is 5.75. The highest BCUT2D eigenvalue weighted by Gasteiger charge is 2.18. The molecule has 2 heteroatoms. The molecular formula is C11H12O2. The molecule has 0 atom stereocenters. The van der Waals surface area contributed by atoms with Crippen molar-refractivity contribution in [2.24, 2.45) is 0 Å². The van der Waals surface area contributed by atoms with Gasteiger partial charge in [-0.05, 0) is 36.1 Å². The summed E-state index contributed by atoms with van der Waals surface area (Å²) < 4.78 is 5.00. The Hall–Kier alpha value is -1.31. The third-order valence-electron chi connectivity index (χ3n) is 2.68. The van der Waals surface area contributed by atoms with Crippen LogP contribution in [0, 0.1) is 13.8 Å². The van der Waals surface area contributed by atoms with E-state index in [1.807, 2.05) is 6.07 Å². The van der Waals surface area contributed by atoms with Crippen LogP contribution in [0.15, 0.2) is 12.1 Å². The van der Waals surface area contributed by atoms with Gasteiger partial charge in [-0.15, -0.1) is 0 Å². The van der Waals surface area contributed by atoms with E-state index < -0.39 is 0 Å². The zero-order chi connectivity index (χ0) is 9.42. The molecule has 0 aromatic heterocycles. The van der Waals surface area contributed by atoms with Gasteiger partial charge in [-0.25, -0.2) is 0 Å². The van der Waals surface area contributed by atoms with Crippen molar-refractivity contribution in [3.63, 3.8) is 0 Å². The minimum atomic E-state index is -0.115. The van der Waals surface area contributed by atoms with Gasteiger partial charge in [0.25, 0.3) is 0 Å². The Bertz CT molecular complexity index is 367. The van der Waals surface area contributed by atoms with Gasteiger partial charge >= 0.3 is 5.97 Å². The number of hydrogen-bond donors (Lipinski definition) is 0. The SMILES string of the molecule is Cc1ccc2c(c1C)COC(=O)C2. The second kappa shape index (κ2) is 2.87. The fraction of sp³-hybridized carbons (Fsp3) is 0.364. The van der Waals surface area contributed by atoms with E-state index in [1.54, 1.807) is 0 Å². The number of carbonyl (C=O) groups excluding carboxylic acids is 1. The van der Waals surface area contributed by atoms with Gasteiger partial charge < -0.3 is 4.74 Å².